The van der Waals surface area contributed by atoms with Crippen molar-refractivity contribution < 1.29 is 14.3 Å². The van der Waals surface area contributed by atoms with E-state index in [-0.39, 0.29) is 11.7 Å². The van der Waals surface area contributed by atoms with E-state index in [0.717, 1.165) is 0 Å². The number of anilines is 1. The first-order valence-electron chi connectivity index (χ1n) is 5.92. The molecule has 0 bridgehead atoms. The maximum absolute atomic E-state index is 11.4. The highest BCUT2D eigenvalue weighted by Gasteiger charge is 2.17. The van der Waals surface area contributed by atoms with Crippen LogP contribution in [-0.4, -0.2) is 33.2 Å². The minimum Gasteiger partial charge on any atom is -0.491 e. The predicted octanol–water partition coefficient (Wildman–Crippen LogP) is 0.0872. The quantitative estimate of drug-likeness (QED) is 0.805. The Bertz CT molecular complexity index is 694. The number of fused-ring (bicyclic) bond motifs is 1. The SMILES string of the molecule is NC(=O)c1nncn1-c1ccc2c(c1)OCCC(=O)N2. The molecule has 1 aromatic carbocycles. The number of primary amides is 1. The Morgan fingerprint density at radius 3 is 3.10 bits per heavy atom. The van der Waals surface area contributed by atoms with Crippen LogP contribution in [0.5, 0.6) is 5.75 Å². The molecule has 0 spiro atoms. The number of carbonyl (C=O) groups is 2. The number of nitrogens with zero attached hydrogens (tertiary/aromatic N) is 3. The Labute approximate surface area is 113 Å². The van der Waals surface area contributed by atoms with Crippen molar-refractivity contribution >= 4 is 17.5 Å². The largest absolute Gasteiger partial charge is 0.491 e. The summed E-state index contributed by atoms with van der Waals surface area (Å²) in [5.41, 5.74) is 6.44. The van der Waals surface area contributed by atoms with Crippen molar-refractivity contribution in [3.63, 3.8) is 0 Å². The second-order valence-corrected chi connectivity index (χ2v) is 4.22. The van der Waals surface area contributed by atoms with E-state index in [1.54, 1.807) is 18.2 Å². The van der Waals surface area contributed by atoms with E-state index < -0.39 is 5.91 Å². The van der Waals surface area contributed by atoms with Crippen LogP contribution in [0.1, 0.15) is 17.0 Å². The third-order valence-corrected chi connectivity index (χ3v) is 2.87. The lowest BCUT2D eigenvalue weighted by molar-refractivity contribution is -0.116. The summed E-state index contributed by atoms with van der Waals surface area (Å²) in [5.74, 6) is -0.217. The van der Waals surface area contributed by atoms with Crippen LogP contribution < -0.4 is 15.8 Å². The van der Waals surface area contributed by atoms with Gasteiger partial charge in [-0.15, -0.1) is 10.2 Å². The van der Waals surface area contributed by atoms with Crippen molar-refractivity contribution in [3.8, 4) is 11.4 Å². The number of carbonyl (C=O) groups excluding carboxylic acids is 2. The van der Waals surface area contributed by atoms with E-state index in [2.05, 4.69) is 15.5 Å². The second-order valence-electron chi connectivity index (χ2n) is 4.22. The van der Waals surface area contributed by atoms with Gasteiger partial charge in [-0.25, -0.2) is 0 Å². The number of hydrogen-bond acceptors (Lipinski definition) is 5. The molecule has 20 heavy (non-hydrogen) atoms. The summed E-state index contributed by atoms with van der Waals surface area (Å²) in [7, 11) is 0. The summed E-state index contributed by atoms with van der Waals surface area (Å²) < 4.78 is 6.96. The molecule has 3 rings (SSSR count). The van der Waals surface area contributed by atoms with Crippen LogP contribution in [0.25, 0.3) is 5.69 Å². The van der Waals surface area contributed by atoms with E-state index >= 15 is 0 Å². The topological polar surface area (TPSA) is 112 Å². The molecular formula is C12H11N5O3. The molecule has 1 aliphatic rings. The van der Waals surface area contributed by atoms with Crippen molar-refractivity contribution in [3.05, 3.63) is 30.4 Å². The number of rotatable bonds is 2. The summed E-state index contributed by atoms with van der Waals surface area (Å²) in [4.78, 5) is 22.7. The van der Waals surface area contributed by atoms with Gasteiger partial charge in [0.25, 0.3) is 5.91 Å². The molecule has 0 fully saturated rings. The van der Waals surface area contributed by atoms with Crippen LogP contribution >= 0.6 is 0 Å². The number of amides is 2. The van der Waals surface area contributed by atoms with Gasteiger partial charge in [0, 0.05) is 6.07 Å². The molecule has 0 saturated heterocycles. The molecule has 8 heteroatoms. The Hall–Kier alpha value is -2.90. The molecule has 0 saturated carbocycles. The van der Waals surface area contributed by atoms with Gasteiger partial charge in [0.2, 0.25) is 11.7 Å². The number of hydrogen-bond donors (Lipinski definition) is 2. The zero-order chi connectivity index (χ0) is 14.1. The molecule has 2 aromatic rings. The second kappa shape index (κ2) is 4.65. The Kier molecular flexibility index (Phi) is 2.82. The lowest BCUT2D eigenvalue weighted by atomic mass is 10.2. The van der Waals surface area contributed by atoms with Crippen LogP contribution in [0.15, 0.2) is 24.5 Å². The molecule has 2 amide bonds. The molecule has 0 radical (unpaired) electrons. The molecule has 0 unspecified atom stereocenters. The van der Waals surface area contributed by atoms with Crippen molar-refractivity contribution in [1.82, 2.24) is 14.8 Å². The fourth-order valence-corrected chi connectivity index (χ4v) is 1.94. The molecule has 1 aromatic heterocycles. The highest BCUT2D eigenvalue weighted by atomic mass is 16.5. The first-order valence-corrected chi connectivity index (χ1v) is 5.92. The lowest BCUT2D eigenvalue weighted by Gasteiger charge is -2.10. The Morgan fingerprint density at radius 2 is 2.30 bits per heavy atom. The number of ether oxygens (including phenoxy) is 1. The average Bonchev–Trinajstić information content (AvgIpc) is 2.82. The molecule has 0 atom stereocenters. The summed E-state index contributed by atoms with van der Waals surface area (Å²) >= 11 is 0. The minimum atomic E-state index is -0.674. The molecule has 1 aliphatic heterocycles. The third kappa shape index (κ3) is 2.07. The standard InChI is InChI=1S/C12H11N5O3/c13-11(19)12-16-14-6-17(12)7-1-2-8-9(5-7)20-4-3-10(18)15-8/h1-2,5-6H,3-4H2,(H2,13,19)(H,15,18). The highest BCUT2D eigenvalue weighted by Crippen LogP contribution is 2.29. The smallest absolute Gasteiger partial charge is 0.287 e. The van der Waals surface area contributed by atoms with Crippen LogP contribution in [-0.2, 0) is 4.79 Å². The normalized spacial score (nSPS) is 13.9. The van der Waals surface area contributed by atoms with Crippen LogP contribution in [0.3, 0.4) is 0 Å². The molecule has 0 aliphatic carbocycles. The number of benzene rings is 1. The maximum atomic E-state index is 11.4. The zero-order valence-electron chi connectivity index (χ0n) is 10.4. The van der Waals surface area contributed by atoms with E-state index in [0.29, 0.717) is 30.2 Å². The van der Waals surface area contributed by atoms with Crippen LogP contribution in [0.4, 0.5) is 5.69 Å². The number of nitrogens with one attached hydrogen (secondary N) is 1. The summed E-state index contributed by atoms with van der Waals surface area (Å²) in [6, 6.07) is 5.10. The monoisotopic (exact) mass is 273 g/mol. The van der Waals surface area contributed by atoms with E-state index in [4.69, 9.17) is 10.5 Å². The zero-order valence-corrected chi connectivity index (χ0v) is 10.4. The van der Waals surface area contributed by atoms with E-state index in [9.17, 15) is 9.59 Å². The first kappa shape index (κ1) is 12.2. The summed E-state index contributed by atoms with van der Waals surface area (Å²) in [6.07, 6.45) is 1.68. The van der Waals surface area contributed by atoms with Crippen molar-refractivity contribution in [2.45, 2.75) is 6.42 Å². The molecule has 2 heterocycles. The average molecular weight is 273 g/mol. The van der Waals surface area contributed by atoms with Gasteiger partial charge < -0.3 is 15.8 Å². The maximum Gasteiger partial charge on any atom is 0.287 e. The van der Waals surface area contributed by atoms with E-state index in [1.807, 2.05) is 0 Å². The highest BCUT2D eigenvalue weighted by molar-refractivity contribution is 5.93. The van der Waals surface area contributed by atoms with Gasteiger partial charge in [0.1, 0.15) is 12.1 Å². The molecule has 3 N–H and O–H groups in total. The van der Waals surface area contributed by atoms with Crippen molar-refractivity contribution in [2.75, 3.05) is 11.9 Å². The fourth-order valence-electron chi connectivity index (χ4n) is 1.94. The molecule has 102 valence electrons. The summed E-state index contributed by atoms with van der Waals surface area (Å²) in [6.45, 7) is 0.299. The Balaban J connectivity index is 2.04. The molecule has 8 nitrogen and oxygen atoms in total. The van der Waals surface area contributed by atoms with Crippen molar-refractivity contribution in [1.29, 1.82) is 0 Å². The molecular weight excluding hydrogens is 262 g/mol. The van der Waals surface area contributed by atoms with Gasteiger partial charge in [0.15, 0.2) is 0 Å². The fraction of sp³-hybridized carbons (Fsp3) is 0.167. The number of nitrogens with two attached hydrogens (primary N) is 1. The van der Waals surface area contributed by atoms with Crippen molar-refractivity contribution in [2.24, 2.45) is 5.73 Å². The van der Waals surface area contributed by atoms with Gasteiger partial charge in [-0.1, -0.05) is 0 Å². The third-order valence-electron chi connectivity index (χ3n) is 2.87. The predicted molar refractivity (Wildman–Crippen MR) is 68.6 cm³/mol. The van der Waals surface area contributed by atoms with Crippen LogP contribution in [0, 0.1) is 0 Å². The van der Waals surface area contributed by atoms with E-state index in [1.165, 1.54) is 10.9 Å². The van der Waals surface area contributed by atoms with Crippen LogP contribution in [0.2, 0.25) is 0 Å². The number of aromatic nitrogens is 3. The van der Waals surface area contributed by atoms with Gasteiger partial charge >= 0.3 is 0 Å². The first-order chi connectivity index (χ1) is 9.65. The Morgan fingerprint density at radius 1 is 1.45 bits per heavy atom. The van der Waals surface area contributed by atoms with Gasteiger partial charge in [-0.3, -0.25) is 14.2 Å². The van der Waals surface area contributed by atoms with Gasteiger partial charge in [-0.05, 0) is 12.1 Å². The van der Waals surface area contributed by atoms with Gasteiger partial charge in [-0.2, -0.15) is 0 Å². The minimum absolute atomic E-state index is 0.0302. The van der Waals surface area contributed by atoms with Gasteiger partial charge in [0.05, 0.1) is 24.4 Å². The summed E-state index contributed by atoms with van der Waals surface area (Å²) in [5, 5.41) is 10.1. The lowest BCUT2D eigenvalue weighted by Crippen LogP contribution is -2.17.